The van der Waals surface area contributed by atoms with E-state index in [2.05, 4.69) is 24.9 Å². The minimum Gasteiger partial charge on any atom is -0.347 e. The molecule has 0 amide bonds. The van der Waals surface area contributed by atoms with E-state index in [0.29, 0.717) is 5.82 Å². The molecule has 0 fully saturated rings. The van der Waals surface area contributed by atoms with Crippen LogP contribution in [0.3, 0.4) is 0 Å². The van der Waals surface area contributed by atoms with Gasteiger partial charge in [-0.15, -0.1) is 0 Å². The SMILES string of the molecule is O=S(=O)(NCc1ncc[nH]1)c1cn[nH]c1. The fraction of sp³-hybridized carbons (Fsp3) is 0.143. The number of rotatable bonds is 4. The summed E-state index contributed by atoms with van der Waals surface area (Å²) in [5.74, 6) is 0.557. The van der Waals surface area contributed by atoms with Gasteiger partial charge in [0.25, 0.3) is 0 Å². The second kappa shape index (κ2) is 3.83. The third-order valence-electron chi connectivity index (χ3n) is 1.77. The molecule has 0 atom stereocenters. The average Bonchev–Trinajstić information content (AvgIpc) is 2.88. The van der Waals surface area contributed by atoms with E-state index in [4.69, 9.17) is 0 Å². The lowest BCUT2D eigenvalue weighted by atomic mass is 10.6. The molecule has 0 bridgehead atoms. The van der Waals surface area contributed by atoms with Crippen LogP contribution in [0.4, 0.5) is 0 Å². The highest BCUT2D eigenvalue weighted by Crippen LogP contribution is 2.04. The Kier molecular flexibility index (Phi) is 2.52. The molecule has 0 radical (unpaired) electrons. The lowest BCUT2D eigenvalue weighted by Gasteiger charge is -2.01. The lowest BCUT2D eigenvalue weighted by molar-refractivity contribution is 0.579. The normalized spacial score (nSPS) is 11.7. The maximum absolute atomic E-state index is 11.6. The van der Waals surface area contributed by atoms with Gasteiger partial charge in [-0.25, -0.2) is 18.1 Å². The fourth-order valence-electron chi connectivity index (χ4n) is 1.03. The van der Waals surface area contributed by atoms with E-state index >= 15 is 0 Å². The Balaban J connectivity index is 2.06. The highest BCUT2D eigenvalue weighted by Gasteiger charge is 2.14. The van der Waals surface area contributed by atoms with Gasteiger partial charge in [0, 0.05) is 18.6 Å². The molecule has 2 heterocycles. The summed E-state index contributed by atoms with van der Waals surface area (Å²) in [5.41, 5.74) is 0. The molecule has 2 aromatic rings. The van der Waals surface area contributed by atoms with Crippen molar-refractivity contribution in [2.75, 3.05) is 0 Å². The van der Waals surface area contributed by atoms with Gasteiger partial charge in [-0.3, -0.25) is 5.10 Å². The molecule has 0 aromatic carbocycles. The van der Waals surface area contributed by atoms with Crippen LogP contribution in [0.2, 0.25) is 0 Å². The molecule has 0 aliphatic heterocycles. The first-order valence-corrected chi connectivity index (χ1v) is 5.63. The van der Waals surface area contributed by atoms with E-state index in [1.54, 1.807) is 12.4 Å². The number of hydrogen-bond donors (Lipinski definition) is 3. The Bertz CT molecular complexity index is 502. The molecule has 2 rings (SSSR count). The van der Waals surface area contributed by atoms with Gasteiger partial charge in [-0.1, -0.05) is 0 Å². The van der Waals surface area contributed by atoms with Crippen molar-refractivity contribution < 1.29 is 8.42 Å². The highest BCUT2D eigenvalue weighted by atomic mass is 32.2. The molecule has 0 saturated carbocycles. The van der Waals surface area contributed by atoms with Crippen LogP contribution < -0.4 is 4.72 Å². The number of nitrogens with one attached hydrogen (secondary N) is 3. The molecule has 0 unspecified atom stereocenters. The topological polar surface area (TPSA) is 104 Å². The highest BCUT2D eigenvalue weighted by molar-refractivity contribution is 7.89. The van der Waals surface area contributed by atoms with Crippen LogP contribution in [0.25, 0.3) is 0 Å². The van der Waals surface area contributed by atoms with Crippen molar-refractivity contribution in [3.8, 4) is 0 Å². The standard InChI is InChI=1S/C7H9N5O2S/c13-15(14,6-3-10-11-4-6)12-5-7-8-1-2-9-7/h1-4,12H,5H2,(H,8,9)(H,10,11). The summed E-state index contributed by atoms with van der Waals surface area (Å²) >= 11 is 0. The zero-order valence-electron chi connectivity index (χ0n) is 7.64. The number of sulfonamides is 1. The maximum Gasteiger partial charge on any atom is 0.244 e. The van der Waals surface area contributed by atoms with Crippen molar-refractivity contribution in [3.63, 3.8) is 0 Å². The zero-order chi connectivity index (χ0) is 10.7. The number of nitrogens with zero attached hydrogens (tertiary/aromatic N) is 2. The van der Waals surface area contributed by atoms with Gasteiger partial charge in [0.2, 0.25) is 10.0 Å². The fourth-order valence-corrected chi connectivity index (χ4v) is 1.92. The van der Waals surface area contributed by atoms with Gasteiger partial charge in [0.1, 0.15) is 10.7 Å². The van der Waals surface area contributed by atoms with E-state index in [-0.39, 0.29) is 11.4 Å². The van der Waals surface area contributed by atoms with Gasteiger partial charge in [-0.05, 0) is 0 Å². The van der Waals surface area contributed by atoms with Gasteiger partial charge < -0.3 is 4.98 Å². The molecule has 0 saturated heterocycles. The van der Waals surface area contributed by atoms with Crippen LogP contribution in [0.5, 0.6) is 0 Å². The van der Waals surface area contributed by atoms with Gasteiger partial charge >= 0.3 is 0 Å². The van der Waals surface area contributed by atoms with Gasteiger partial charge in [-0.2, -0.15) is 5.10 Å². The minimum atomic E-state index is -3.50. The Morgan fingerprint density at radius 2 is 2.33 bits per heavy atom. The van der Waals surface area contributed by atoms with Crippen LogP contribution in [-0.4, -0.2) is 28.6 Å². The minimum absolute atomic E-state index is 0.106. The smallest absolute Gasteiger partial charge is 0.244 e. The van der Waals surface area contributed by atoms with E-state index in [9.17, 15) is 8.42 Å². The maximum atomic E-state index is 11.6. The summed E-state index contributed by atoms with van der Waals surface area (Å²) in [7, 11) is -3.50. The van der Waals surface area contributed by atoms with E-state index in [1.165, 1.54) is 12.4 Å². The van der Waals surface area contributed by atoms with E-state index < -0.39 is 10.0 Å². The average molecular weight is 227 g/mol. The predicted octanol–water partition coefficient (Wildman–Crippen LogP) is -0.389. The molecule has 2 aromatic heterocycles. The number of aromatic amines is 2. The van der Waals surface area contributed by atoms with Crippen molar-refractivity contribution in [3.05, 3.63) is 30.6 Å². The molecule has 0 aliphatic rings. The number of aromatic nitrogens is 4. The third-order valence-corrected chi connectivity index (χ3v) is 3.14. The molecule has 15 heavy (non-hydrogen) atoms. The summed E-state index contributed by atoms with van der Waals surface area (Å²) < 4.78 is 25.5. The Hall–Kier alpha value is -1.67. The zero-order valence-corrected chi connectivity index (χ0v) is 8.45. The Morgan fingerprint density at radius 1 is 1.47 bits per heavy atom. The summed E-state index contributed by atoms with van der Waals surface area (Å²) in [6, 6.07) is 0. The van der Waals surface area contributed by atoms with E-state index in [1.807, 2.05) is 0 Å². The Labute approximate surface area is 86.0 Å². The largest absolute Gasteiger partial charge is 0.347 e. The molecular weight excluding hydrogens is 218 g/mol. The van der Waals surface area contributed by atoms with Crippen molar-refractivity contribution in [1.82, 2.24) is 24.9 Å². The summed E-state index contributed by atoms with van der Waals surface area (Å²) in [4.78, 5) is 6.79. The molecule has 0 aliphatic carbocycles. The number of imidazole rings is 1. The molecule has 3 N–H and O–H groups in total. The second-order valence-corrected chi connectivity index (χ2v) is 4.56. The lowest BCUT2D eigenvalue weighted by Crippen LogP contribution is -2.23. The first-order chi connectivity index (χ1) is 7.18. The number of hydrogen-bond acceptors (Lipinski definition) is 4. The monoisotopic (exact) mass is 227 g/mol. The quantitative estimate of drug-likeness (QED) is 0.661. The molecule has 80 valence electrons. The van der Waals surface area contributed by atoms with E-state index in [0.717, 1.165) is 0 Å². The van der Waals surface area contributed by atoms with Crippen molar-refractivity contribution in [2.24, 2.45) is 0 Å². The summed E-state index contributed by atoms with van der Waals surface area (Å²) in [5, 5.41) is 6.00. The molecule has 0 spiro atoms. The Morgan fingerprint density at radius 3 is 2.93 bits per heavy atom. The first kappa shape index (κ1) is 9.87. The van der Waals surface area contributed by atoms with Crippen LogP contribution in [-0.2, 0) is 16.6 Å². The molecule has 8 heteroatoms. The third kappa shape index (κ3) is 2.22. The second-order valence-electron chi connectivity index (χ2n) is 2.79. The van der Waals surface area contributed by atoms with Gasteiger partial charge in [0.05, 0.1) is 12.7 Å². The van der Waals surface area contributed by atoms with Gasteiger partial charge in [0.15, 0.2) is 0 Å². The van der Waals surface area contributed by atoms with Crippen LogP contribution >= 0.6 is 0 Å². The summed E-state index contributed by atoms with van der Waals surface area (Å²) in [6.45, 7) is 0.126. The summed E-state index contributed by atoms with van der Waals surface area (Å²) in [6.07, 6.45) is 5.73. The van der Waals surface area contributed by atoms with Crippen LogP contribution in [0.1, 0.15) is 5.82 Å². The first-order valence-electron chi connectivity index (χ1n) is 4.15. The van der Waals surface area contributed by atoms with Crippen LogP contribution in [0, 0.1) is 0 Å². The van der Waals surface area contributed by atoms with Crippen molar-refractivity contribution in [2.45, 2.75) is 11.4 Å². The van der Waals surface area contributed by atoms with Crippen LogP contribution in [0.15, 0.2) is 29.7 Å². The number of H-pyrrole nitrogens is 2. The predicted molar refractivity (Wildman–Crippen MR) is 51.2 cm³/mol. The van der Waals surface area contributed by atoms with Crippen molar-refractivity contribution in [1.29, 1.82) is 0 Å². The van der Waals surface area contributed by atoms with Crippen molar-refractivity contribution >= 4 is 10.0 Å². The molecular formula is C7H9N5O2S. The molecule has 7 nitrogen and oxygen atoms in total.